The maximum Gasteiger partial charge on any atom is 0.324 e. The zero-order valence-electron chi connectivity index (χ0n) is 13.5. The number of carbonyl (C=O) groups is 2. The van der Waals surface area contributed by atoms with Gasteiger partial charge in [-0.2, -0.15) is 0 Å². The van der Waals surface area contributed by atoms with Crippen molar-refractivity contribution in [3.05, 3.63) is 62.0 Å². The van der Waals surface area contributed by atoms with Crippen molar-refractivity contribution >= 4 is 39.8 Å². The molecule has 1 fully saturated rings. The highest BCUT2D eigenvalue weighted by Gasteiger charge is 2.41. The summed E-state index contributed by atoms with van der Waals surface area (Å²) in [5.41, 5.74) is 1.50. The van der Waals surface area contributed by atoms with Gasteiger partial charge in [-0.25, -0.2) is 0 Å². The molecular formula is C17H15ClN2O5S. The van der Waals surface area contributed by atoms with Crippen molar-refractivity contribution in [2.75, 3.05) is 6.54 Å². The normalized spacial score (nSPS) is 19.2. The van der Waals surface area contributed by atoms with E-state index in [-0.39, 0.29) is 17.3 Å². The van der Waals surface area contributed by atoms with Crippen LogP contribution in [0.15, 0.2) is 35.7 Å². The molecule has 1 amide bonds. The van der Waals surface area contributed by atoms with E-state index in [1.807, 2.05) is 12.1 Å². The fraction of sp³-hybridized carbons (Fsp3) is 0.294. The van der Waals surface area contributed by atoms with Crippen LogP contribution in [0.4, 0.5) is 5.00 Å². The van der Waals surface area contributed by atoms with E-state index in [9.17, 15) is 19.7 Å². The van der Waals surface area contributed by atoms with E-state index in [2.05, 4.69) is 5.32 Å². The molecule has 1 N–H and O–H groups in total. The van der Waals surface area contributed by atoms with E-state index in [0.717, 1.165) is 16.9 Å². The Hall–Kier alpha value is -2.45. The molecule has 0 spiro atoms. The molecule has 3 rings (SSSR count). The maximum atomic E-state index is 12.5. The number of esters is 1. The van der Waals surface area contributed by atoms with Crippen LogP contribution in [0.25, 0.3) is 0 Å². The van der Waals surface area contributed by atoms with Gasteiger partial charge in [0.2, 0.25) is 5.91 Å². The number of halogens is 1. The van der Waals surface area contributed by atoms with E-state index in [1.54, 1.807) is 17.5 Å². The summed E-state index contributed by atoms with van der Waals surface area (Å²) >= 11 is 6.78. The molecule has 0 radical (unpaired) electrons. The Morgan fingerprint density at radius 1 is 1.38 bits per heavy atom. The van der Waals surface area contributed by atoms with Crippen molar-refractivity contribution in [2.45, 2.75) is 18.9 Å². The first-order valence-corrected chi connectivity index (χ1v) is 9.14. The topological polar surface area (TPSA) is 98.5 Å². The van der Waals surface area contributed by atoms with Crippen molar-refractivity contribution in [1.82, 2.24) is 5.32 Å². The lowest BCUT2D eigenvalue weighted by atomic mass is 9.96. The van der Waals surface area contributed by atoms with Gasteiger partial charge in [-0.15, -0.1) is 0 Å². The molecule has 2 atom stereocenters. The smallest absolute Gasteiger partial charge is 0.324 e. The quantitative estimate of drug-likeness (QED) is 0.460. The molecule has 1 aromatic carbocycles. The number of benzene rings is 1. The standard InChI is InChI=1S/C17H15ClN2O5S/c18-12-3-1-10(2-4-12)5-6-19-17(22)13-8-15(21)25-16(13)11-7-14(20(23)24)26-9-11/h1-4,7,9,13,16H,5-6,8H2,(H,19,22)/t13-,16?/m0/s1. The molecule has 7 nitrogen and oxygen atoms in total. The van der Waals surface area contributed by atoms with Gasteiger partial charge in [-0.3, -0.25) is 19.7 Å². The van der Waals surface area contributed by atoms with Crippen LogP contribution in [0.2, 0.25) is 5.02 Å². The largest absolute Gasteiger partial charge is 0.457 e. The summed E-state index contributed by atoms with van der Waals surface area (Å²) in [4.78, 5) is 34.4. The second-order valence-electron chi connectivity index (χ2n) is 5.86. The molecule has 136 valence electrons. The molecule has 0 saturated carbocycles. The van der Waals surface area contributed by atoms with Gasteiger partial charge in [0.15, 0.2) is 0 Å². The van der Waals surface area contributed by atoms with Gasteiger partial charge in [0.25, 0.3) is 0 Å². The Morgan fingerprint density at radius 3 is 2.77 bits per heavy atom. The summed E-state index contributed by atoms with van der Waals surface area (Å²) in [6.45, 7) is 0.404. The summed E-state index contributed by atoms with van der Waals surface area (Å²) < 4.78 is 5.22. The molecule has 0 aliphatic carbocycles. The first-order valence-electron chi connectivity index (χ1n) is 7.88. The minimum Gasteiger partial charge on any atom is -0.457 e. The van der Waals surface area contributed by atoms with Crippen LogP contribution in [-0.2, 0) is 20.7 Å². The third-order valence-electron chi connectivity index (χ3n) is 4.09. The van der Waals surface area contributed by atoms with Gasteiger partial charge in [-0.05, 0) is 24.1 Å². The van der Waals surface area contributed by atoms with Crippen LogP contribution < -0.4 is 5.32 Å². The number of rotatable bonds is 6. The van der Waals surface area contributed by atoms with Crippen LogP contribution in [0.3, 0.4) is 0 Å². The number of cyclic esters (lactones) is 1. The van der Waals surface area contributed by atoms with Gasteiger partial charge in [-0.1, -0.05) is 35.1 Å². The number of thiophene rings is 1. The number of hydrogen-bond donors (Lipinski definition) is 1. The second kappa shape index (κ2) is 7.84. The Kier molecular flexibility index (Phi) is 5.53. The van der Waals surface area contributed by atoms with E-state index in [1.165, 1.54) is 6.07 Å². The fourth-order valence-corrected chi connectivity index (χ4v) is 3.66. The third kappa shape index (κ3) is 4.20. The minimum atomic E-state index is -0.789. The van der Waals surface area contributed by atoms with Crippen molar-refractivity contribution in [1.29, 1.82) is 0 Å². The van der Waals surface area contributed by atoms with Gasteiger partial charge in [0.05, 0.1) is 17.3 Å². The number of ether oxygens (including phenoxy) is 1. The van der Waals surface area contributed by atoms with Gasteiger partial charge in [0.1, 0.15) is 6.10 Å². The summed E-state index contributed by atoms with van der Waals surface area (Å²) in [5.74, 6) is -1.48. The third-order valence-corrected chi connectivity index (χ3v) is 5.24. The SMILES string of the molecule is O=C1C[C@H](C(=O)NCCc2ccc(Cl)cc2)C(c2csc([N+](=O)[O-])c2)O1. The number of nitrogens with one attached hydrogen (secondary N) is 1. The molecule has 2 heterocycles. The van der Waals surface area contributed by atoms with Gasteiger partial charge in [0, 0.05) is 28.6 Å². The molecular weight excluding hydrogens is 380 g/mol. The Bertz CT molecular complexity index is 836. The van der Waals surface area contributed by atoms with Crippen LogP contribution >= 0.6 is 22.9 Å². The predicted octanol–water partition coefficient (Wildman–Crippen LogP) is 3.27. The first-order chi connectivity index (χ1) is 12.4. The van der Waals surface area contributed by atoms with Crippen LogP contribution in [0.5, 0.6) is 0 Å². The summed E-state index contributed by atoms with van der Waals surface area (Å²) in [5, 5.41) is 15.8. The number of nitro groups is 1. The van der Waals surface area contributed by atoms with E-state index < -0.39 is 22.9 Å². The number of nitrogens with zero attached hydrogens (tertiary/aromatic N) is 1. The Balaban J connectivity index is 1.61. The lowest BCUT2D eigenvalue weighted by Gasteiger charge is -2.16. The highest BCUT2D eigenvalue weighted by Crippen LogP contribution is 2.39. The molecule has 1 aromatic heterocycles. The molecule has 26 heavy (non-hydrogen) atoms. The zero-order chi connectivity index (χ0) is 18.7. The second-order valence-corrected chi connectivity index (χ2v) is 7.19. The number of hydrogen-bond acceptors (Lipinski definition) is 6. The Labute approximate surface area is 158 Å². The molecule has 0 bridgehead atoms. The average Bonchev–Trinajstić information content (AvgIpc) is 3.23. The lowest BCUT2D eigenvalue weighted by Crippen LogP contribution is -2.33. The summed E-state index contributed by atoms with van der Waals surface area (Å²) in [6, 6.07) is 8.67. The maximum absolute atomic E-state index is 12.5. The van der Waals surface area contributed by atoms with Crippen molar-refractivity contribution in [3.8, 4) is 0 Å². The van der Waals surface area contributed by atoms with Crippen molar-refractivity contribution in [3.63, 3.8) is 0 Å². The van der Waals surface area contributed by atoms with E-state index >= 15 is 0 Å². The number of carbonyl (C=O) groups excluding carboxylic acids is 2. The van der Waals surface area contributed by atoms with Gasteiger partial charge < -0.3 is 10.1 Å². The predicted molar refractivity (Wildman–Crippen MR) is 96.1 cm³/mol. The highest BCUT2D eigenvalue weighted by atomic mass is 35.5. The lowest BCUT2D eigenvalue weighted by molar-refractivity contribution is -0.380. The fourth-order valence-electron chi connectivity index (χ4n) is 2.79. The van der Waals surface area contributed by atoms with Crippen LogP contribution in [-0.4, -0.2) is 23.3 Å². The van der Waals surface area contributed by atoms with Crippen molar-refractivity contribution in [2.24, 2.45) is 5.92 Å². The molecule has 1 saturated heterocycles. The first kappa shape index (κ1) is 18.3. The summed E-state index contributed by atoms with van der Waals surface area (Å²) in [6.07, 6.45) is -0.205. The number of amides is 1. The van der Waals surface area contributed by atoms with Crippen LogP contribution in [0, 0.1) is 16.0 Å². The van der Waals surface area contributed by atoms with Crippen LogP contribution in [0.1, 0.15) is 23.7 Å². The molecule has 2 aromatic rings. The monoisotopic (exact) mass is 394 g/mol. The van der Waals surface area contributed by atoms with E-state index in [0.29, 0.717) is 23.6 Å². The average molecular weight is 395 g/mol. The molecule has 1 unspecified atom stereocenters. The molecule has 1 aliphatic heterocycles. The highest BCUT2D eigenvalue weighted by molar-refractivity contribution is 7.13. The zero-order valence-corrected chi connectivity index (χ0v) is 15.1. The minimum absolute atomic E-state index is 0.0406. The molecule has 9 heteroatoms. The summed E-state index contributed by atoms with van der Waals surface area (Å²) in [7, 11) is 0. The van der Waals surface area contributed by atoms with E-state index in [4.69, 9.17) is 16.3 Å². The Morgan fingerprint density at radius 2 is 2.12 bits per heavy atom. The van der Waals surface area contributed by atoms with Gasteiger partial charge >= 0.3 is 11.0 Å². The van der Waals surface area contributed by atoms with Crippen molar-refractivity contribution < 1.29 is 19.2 Å². The molecule has 1 aliphatic rings.